The maximum absolute atomic E-state index is 13.0. The molecule has 2 amide bonds. The van der Waals surface area contributed by atoms with Gasteiger partial charge in [0.25, 0.3) is 11.8 Å². The van der Waals surface area contributed by atoms with Crippen molar-refractivity contribution in [2.24, 2.45) is 0 Å². The van der Waals surface area contributed by atoms with Gasteiger partial charge in [-0.2, -0.15) is 0 Å². The zero-order valence-electron chi connectivity index (χ0n) is 13.1. The summed E-state index contributed by atoms with van der Waals surface area (Å²) in [6.45, 7) is 1.03. The number of carbonyl (C=O) groups excluding carboxylic acids is 2. The summed E-state index contributed by atoms with van der Waals surface area (Å²) in [5, 5.41) is 2.53. The van der Waals surface area contributed by atoms with E-state index in [1.165, 1.54) is 23.5 Å². The van der Waals surface area contributed by atoms with Gasteiger partial charge >= 0.3 is 0 Å². The molecule has 0 aliphatic carbocycles. The minimum absolute atomic E-state index is 0.120. The van der Waals surface area contributed by atoms with Gasteiger partial charge in [-0.15, -0.1) is 11.3 Å². The Bertz CT molecular complexity index is 745. The van der Waals surface area contributed by atoms with E-state index in [9.17, 15) is 14.0 Å². The molecular formula is C17H17FN2O3S. The van der Waals surface area contributed by atoms with Crippen LogP contribution in [-0.2, 0) is 9.53 Å². The Hall–Kier alpha value is -2.25. The lowest BCUT2D eigenvalue weighted by molar-refractivity contribution is -0.136. The first-order chi connectivity index (χ1) is 11.6. The van der Waals surface area contributed by atoms with Crippen LogP contribution in [0.15, 0.2) is 36.4 Å². The molecule has 1 fully saturated rings. The highest BCUT2D eigenvalue weighted by molar-refractivity contribution is 7.17. The van der Waals surface area contributed by atoms with Crippen LogP contribution in [0.4, 0.5) is 4.39 Å². The highest BCUT2D eigenvalue weighted by atomic mass is 32.1. The molecule has 1 aliphatic rings. The summed E-state index contributed by atoms with van der Waals surface area (Å²) in [6.07, 6.45) is -0.635. The van der Waals surface area contributed by atoms with Crippen molar-refractivity contribution in [2.45, 2.75) is 6.10 Å². The van der Waals surface area contributed by atoms with Gasteiger partial charge in [0.2, 0.25) is 0 Å². The van der Waals surface area contributed by atoms with Crippen molar-refractivity contribution in [3.63, 3.8) is 0 Å². The van der Waals surface area contributed by atoms with Crippen LogP contribution in [0.25, 0.3) is 10.4 Å². The minimum Gasteiger partial charge on any atom is -0.365 e. The molecule has 1 saturated heterocycles. The molecule has 7 heteroatoms. The summed E-state index contributed by atoms with van der Waals surface area (Å²) in [5.74, 6) is -0.642. The fourth-order valence-corrected chi connectivity index (χ4v) is 3.51. The van der Waals surface area contributed by atoms with Crippen LogP contribution in [0.1, 0.15) is 9.67 Å². The second-order valence-electron chi connectivity index (χ2n) is 5.40. The molecule has 1 N–H and O–H groups in total. The van der Waals surface area contributed by atoms with Crippen LogP contribution in [0.3, 0.4) is 0 Å². The predicted molar refractivity (Wildman–Crippen MR) is 89.4 cm³/mol. The molecule has 1 atom stereocenters. The van der Waals surface area contributed by atoms with E-state index in [1.54, 1.807) is 30.1 Å². The van der Waals surface area contributed by atoms with E-state index in [0.717, 1.165) is 10.4 Å². The summed E-state index contributed by atoms with van der Waals surface area (Å²) >= 11 is 1.35. The number of likely N-dealkylation sites (N-methyl/N-ethyl adjacent to an activating group) is 1. The molecule has 2 heterocycles. The highest BCUT2D eigenvalue weighted by Crippen LogP contribution is 2.29. The smallest absolute Gasteiger partial charge is 0.264 e. The number of morpholine rings is 1. The Balaban J connectivity index is 1.73. The number of hydrogen-bond acceptors (Lipinski definition) is 4. The molecule has 3 rings (SSSR count). The van der Waals surface area contributed by atoms with Crippen molar-refractivity contribution in [2.75, 3.05) is 26.7 Å². The molecule has 126 valence electrons. The fourth-order valence-electron chi connectivity index (χ4n) is 2.53. The highest BCUT2D eigenvalue weighted by Gasteiger charge is 2.29. The van der Waals surface area contributed by atoms with Crippen molar-refractivity contribution in [1.82, 2.24) is 10.2 Å². The topological polar surface area (TPSA) is 58.6 Å². The van der Waals surface area contributed by atoms with Gasteiger partial charge in [0.05, 0.1) is 18.0 Å². The monoisotopic (exact) mass is 348 g/mol. The Morgan fingerprint density at radius 3 is 2.71 bits per heavy atom. The molecule has 1 aromatic carbocycles. The van der Waals surface area contributed by atoms with E-state index in [1.807, 2.05) is 6.07 Å². The first-order valence-corrected chi connectivity index (χ1v) is 8.38. The fraction of sp³-hybridized carbons (Fsp3) is 0.294. The number of ether oxygens (including phenoxy) is 1. The Kier molecular flexibility index (Phi) is 4.92. The van der Waals surface area contributed by atoms with Crippen LogP contribution in [0, 0.1) is 5.82 Å². The van der Waals surface area contributed by atoms with E-state index in [0.29, 0.717) is 18.0 Å². The number of benzene rings is 1. The lowest BCUT2D eigenvalue weighted by Gasteiger charge is -2.31. The number of nitrogens with one attached hydrogen (secondary N) is 1. The Morgan fingerprint density at radius 1 is 1.25 bits per heavy atom. The third-order valence-corrected chi connectivity index (χ3v) is 4.96. The normalized spacial score (nSPS) is 17.6. The van der Waals surface area contributed by atoms with E-state index in [2.05, 4.69) is 5.32 Å². The maximum Gasteiger partial charge on any atom is 0.264 e. The number of halogens is 1. The van der Waals surface area contributed by atoms with Crippen LogP contribution in [0.5, 0.6) is 0 Å². The first kappa shape index (κ1) is 16.6. The molecule has 0 spiro atoms. The Labute approximate surface area is 143 Å². The molecular weight excluding hydrogens is 331 g/mol. The summed E-state index contributed by atoms with van der Waals surface area (Å²) in [7, 11) is 1.54. The quantitative estimate of drug-likeness (QED) is 0.925. The average Bonchev–Trinajstić information content (AvgIpc) is 3.11. The van der Waals surface area contributed by atoms with Crippen molar-refractivity contribution >= 4 is 23.2 Å². The van der Waals surface area contributed by atoms with Gasteiger partial charge in [-0.05, 0) is 29.8 Å². The standard InChI is InChI=1S/C17H17FN2O3S/c1-19-16(21)13-10-20(8-9-23-13)17(22)15-7-6-14(24-15)11-2-4-12(18)5-3-11/h2-7,13H,8-10H2,1H3,(H,19,21). The van der Waals surface area contributed by atoms with Gasteiger partial charge in [0.15, 0.2) is 6.10 Å². The number of hydrogen-bond donors (Lipinski definition) is 1. The van der Waals surface area contributed by atoms with Crippen LogP contribution < -0.4 is 5.32 Å². The lowest BCUT2D eigenvalue weighted by atomic mass is 10.2. The maximum atomic E-state index is 13.0. The largest absolute Gasteiger partial charge is 0.365 e. The van der Waals surface area contributed by atoms with Crippen LogP contribution >= 0.6 is 11.3 Å². The third kappa shape index (κ3) is 3.47. The molecule has 0 bridgehead atoms. The van der Waals surface area contributed by atoms with Crippen molar-refractivity contribution in [3.05, 3.63) is 47.1 Å². The number of carbonyl (C=O) groups is 2. The van der Waals surface area contributed by atoms with E-state index < -0.39 is 6.10 Å². The molecule has 1 aromatic heterocycles. The van der Waals surface area contributed by atoms with Gasteiger partial charge in [-0.25, -0.2) is 4.39 Å². The second kappa shape index (κ2) is 7.11. The van der Waals surface area contributed by atoms with E-state index in [4.69, 9.17) is 4.74 Å². The second-order valence-corrected chi connectivity index (χ2v) is 6.48. The molecule has 2 aromatic rings. The van der Waals surface area contributed by atoms with E-state index >= 15 is 0 Å². The minimum atomic E-state index is -0.635. The zero-order chi connectivity index (χ0) is 17.1. The van der Waals surface area contributed by atoms with Gasteiger partial charge in [-0.1, -0.05) is 12.1 Å². The number of thiophene rings is 1. The number of rotatable bonds is 3. The van der Waals surface area contributed by atoms with Crippen molar-refractivity contribution in [3.8, 4) is 10.4 Å². The molecule has 5 nitrogen and oxygen atoms in total. The first-order valence-electron chi connectivity index (χ1n) is 7.56. The van der Waals surface area contributed by atoms with Gasteiger partial charge in [0, 0.05) is 18.5 Å². The third-order valence-electron chi connectivity index (χ3n) is 3.84. The predicted octanol–water partition coefficient (Wildman–Crippen LogP) is 2.14. The van der Waals surface area contributed by atoms with Gasteiger partial charge in [-0.3, -0.25) is 9.59 Å². The van der Waals surface area contributed by atoms with Crippen LogP contribution in [-0.4, -0.2) is 49.6 Å². The molecule has 1 unspecified atom stereocenters. The molecule has 0 radical (unpaired) electrons. The average molecular weight is 348 g/mol. The van der Waals surface area contributed by atoms with E-state index in [-0.39, 0.29) is 24.2 Å². The molecule has 24 heavy (non-hydrogen) atoms. The van der Waals surface area contributed by atoms with Crippen LogP contribution in [0.2, 0.25) is 0 Å². The summed E-state index contributed by atoms with van der Waals surface area (Å²) < 4.78 is 18.4. The van der Waals surface area contributed by atoms with Crippen molar-refractivity contribution < 1.29 is 18.7 Å². The zero-order valence-corrected chi connectivity index (χ0v) is 13.9. The van der Waals surface area contributed by atoms with Gasteiger partial charge in [0.1, 0.15) is 5.82 Å². The Morgan fingerprint density at radius 2 is 2.00 bits per heavy atom. The summed E-state index contributed by atoms with van der Waals surface area (Å²) in [4.78, 5) is 27.4. The molecule has 0 saturated carbocycles. The molecule has 1 aliphatic heterocycles. The summed E-state index contributed by atoms with van der Waals surface area (Å²) in [6, 6.07) is 9.77. The SMILES string of the molecule is CNC(=O)C1CN(C(=O)c2ccc(-c3ccc(F)cc3)s2)CCO1. The van der Waals surface area contributed by atoms with Crippen molar-refractivity contribution in [1.29, 1.82) is 0 Å². The summed E-state index contributed by atoms with van der Waals surface area (Å²) in [5.41, 5.74) is 0.866. The van der Waals surface area contributed by atoms with Gasteiger partial charge < -0.3 is 15.0 Å². The lowest BCUT2D eigenvalue weighted by Crippen LogP contribution is -2.50. The number of amides is 2. The number of nitrogens with zero attached hydrogens (tertiary/aromatic N) is 1.